The van der Waals surface area contributed by atoms with E-state index in [0.717, 1.165) is 22.8 Å². The second-order valence-electron chi connectivity index (χ2n) is 5.40. The summed E-state index contributed by atoms with van der Waals surface area (Å²) in [5.41, 5.74) is 3.13. The number of amides is 1. The summed E-state index contributed by atoms with van der Waals surface area (Å²) in [5, 5.41) is 3.16. The van der Waals surface area contributed by atoms with Crippen molar-refractivity contribution in [2.45, 2.75) is 6.92 Å². The minimum atomic E-state index is -0.488. The van der Waals surface area contributed by atoms with Crippen LogP contribution in [0.3, 0.4) is 0 Å². The van der Waals surface area contributed by atoms with E-state index in [0.29, 0.717) is 22.2 Å². The van der Waals surface area contributed by atoms with Gasteiger partial charge in [-0.3, -0.25) is 9.59 Å². The molecule has 0 atom stereocenters. The van der Waals surface area contributed by atoms with E-state index in [1.807, 2.05) is 13.0 Å². The Morgan fingerprint density at radius 2 is 1.92 bits per heavy atom. The van der Waals surface area contributed by atoms with Crippen molar-refractivity contribution >= 4 is 45.3 Å². The highest BCUT2D eigenvalue weighted by Crippen LogP contribution is 2.19. The van der Waals surface area contributed by atoms with Crippen LogP contribution in [0.4, 0.5) is 5.69 Å². The molecular formula is C17H11N3O3S. The number of fused-ring (bicyclic) bond motifs is 2. The molecule has 1 amide bonds. The number of carbonyl (C=O) groups is 1. The zero-order valence-corrected chi connectivity index (χ0v) is 13.4. The van der Waals surface area contributed by atoms with Crippen LogP contribution in [-0.4, -0.2) is 14.7 Å². The topological polar surface area (TPSA) is 85.1 Å². The lowest BCUT2D eigenvalue weighted by Gasteiger charge is -2.05. The molecule has 0 aliphatic heterocycles. The van der Waals surface area contributed by atoms with Crippen LogP contribution in [-0.2, 0) is 0 Å². The fourth-order valence-electron chi connectivity index (χ4n) is 2.43. The van der Waals surface area contributed by atoms with E-state index in [2.05, 4.69) is 14.1 Å². The molecule has 118 valence electrons. The van der Waals surface area contributed by atoms with E-state index in [1.54, 1.807) is 30.3 Å². The molecule has 0 saturated carbocycles. The average molecular weight is 337 g/mol. The summed E-state index contributed by atoms with van der Waals surface area (Å²) in [6, 6.07) is 11.7. The lowest BCUT2D eigenvalue weighted by Crippen LogP contribution is -2.15. The third kappa shape index (κ3) is 2.55. The molecule has 0 radical (unpaired) electrons. The van der Waals surface area contributed by atoms with Crippen LogP contribution in [0.5, 0.6) is 0 Å². The highest BCUT2D eigenvalue weighted by molar-refractivity contribution is 7.00. The maximum Gasteiger partial charge on any atom is 0.291 e. The van der Waals surface area contributed by atoms with E-state index in [9.17, 15) is 9.59 Å². The van der Waals surface area contributed by atoms with Gasteiger partial charge >= 0.3 is 0 Å². The molecule has 2 aromatic heterocycles. The maximum absolute atomic E-state index is 12.4. The zero-order chi connectivity index (χ0) is 16.7. The summed E-state index contributed by atoms with van der Waals surface area (Å²) in [5.74, 6) is -0.521. The van der Waals surface area contributed by atoms with Crippen LogP contribution in [0.2, 0.25) is 0 Å². The van der Waals surface area contributed by atoms with Gasteiger partial charge in [0, 0.05) is 11.8 Å². The summed E-state index contributed by atoms with van der Waals surface area (Å²) in [7, 11) is 0. The van der Waals surface area contributed by atoms with Crippen molar-refractivity contribution in [1.82, 2.24) is 8.75 Å². The monoisotopic (exact) mass is 337 g/mol. The van der Waals surface area contributed by atoms with Gasteiger partial charge in [0.25, 0.3) is 5.91 Å². The van der Waals surface area contributed by atoms with Gasteiger partial charge < -0.3 is 9.73 Å². The summed E-state index contributed by atoms with van der Waals surface area (Å²) in [4.78, 5) is 24.5. The van der Waals surface area contributed by atoms with E-state index in [-0.39, 0.29) is 11.2 Å². The maximum atomic E-state index is 12.4. The zero-order valence-electron chi connectivity index (χ0n) is 12.6. The van der Waals surface area contributed by atoms with Crippen molar-refractivity contribution in [3.63, 3.8) is 0 Å². The second-order valence-corrected chi connectivity index (χ2v) is 5.92. The van der Waals surface area contributed by atoms with E-state index < -0.39 is 5.91 Å². The second kappa shape index (κ2) is 5.54. The standard InChI is InChI=1S/C17H11N3O3S/c1-9-2-4-11-14(21)8-16(23-15(11)6-9)17(22)18-10-3-5-12-13(7-10)20-24-19-12/h2-8H,1H3,(H,18,22). The van der Waals surface area contributed by atoms with Gasteiger partial charge in [-0.1, -0.05) is 6.07 Å². The van der Waals surface area contributed by atoms with Gasteiger partial charge in [-0.15, -0.1) is 0 Å². The number of rotatable bonds is 2. The van der Waals surface area contributed by atoms with Crippen molar-refractivity contribution in [3.8, 4) is 0 Å². The van der Waals surface area contributed by atoms with Gasteiger partial charge in [0.2, 0.25) is 0 Å². The van der Waals surface area contributed by atoms with Gasteiger partial charge in [-0.2, -0.15) is 8.75 Å². The number of nitrogens with one attached hydrogen (secondary N) is 1. The Morgan fingerprint density at radius 3 is 2.79 bits per heavy atom. The Balaban J connectivity index is 1.70. The summed E-state index contributed by atoms with van der Waals surface area (Å²) >= 11 is 1.11. The van der Waals surface area contributed by atoms with Gasteiger partial charge in [0.15, 0.2) is 11.2 Å². The quantitative estimate of drug-likeness (QED) is 0.606. The fraction of sp³-hybridized carbons (Fsp3) is 0.0588. The minimum absolute atomic E-state index is 0.0328. The molecule has 2 heterocycles. The normalized spacial score (nSPS) is 11.0. The number of nitrogens with zero attached hydrogens (tertiary/aromatic N) is 2. The Kier molecular flexibility index (Phi) is 3.35. The Labute approximate surface area is 140 Å². The Morgan fingerprint density at radius 1 is 1.08 bits per heavy atom. The smallest absolute Gasteiger partial charge is 0.291 e. The summed E-state index contributed by atoms with van der Waals surface area (Å²) in [6.45, 7) is 1.89. The Bertz CT molecular complexity index is 1150. The van der Waals surface area contributed by atoms with Crippen molar-refractivity contribution in [2.24, 2.45) is 0 Å². The number of hydrogen-bond donors (Lipinski definition) is 1. The van der Waals surface area contributed by atoms with E-state index >= 15 is 0 Å². The highest BCUT2D eigenvalue weighted by atomic mass is 32.1. The SMILES string of the molecule is Cc1ccc2c(=O)cc(C(=O)Nc3ccc4nsnc4c3)oc2c1. The molecule has 0 bridgehead atoms. The Hall–Kier alpha value is -3.06. The minimum Gasteiger partial charge on any atom is -0.451 e. The molecule has 2 aromatic carbocycles. The number of aromatic nitrogens is 2. The first-order chi connectivity index (χ1) is 11.6. The molecule has 4 rings (SSSR count). The first-order valence-electron chi connectivity index (χ1n) is 7.18. The lowest BCUT2D eigenvalue weighted by atomic mass is 10.1. The van der Waals surface area contributed by atoms with Crippen molar-refractivity contribution in [3.05, 3.63) is 64.0 Å². The molecule has 0 unspecified atom stereocenters. The first-order valence-corrected chi connectivity index (χ1v) is 7.91. The average Bonchev–Trinajstić information content (AvgIpc) is 3.02. The lowest BCUT2D eigenvalue weighted by molar-refractivity contribution is 0.0997. The number of carbonyl (C=O) groups excluding carboxylic acids is 1. The number of hydrogen-bond acceptors (Lipinski definition) is 6. The first kappa shape index (κ1) is 14.5. The number of benzene rings is 2. The predicted molar refractivity (Wildman–Crippen MR) is 92.6 cm³/mol. The highest BCUT2D eigenvalue weighted by Gasteiger charge is 2.13. The predicted octanol–water partition coefficient (Wildman–Crippen LogP) is 3.36. The largest absolute Gasteiger partial charge is 0.451 e. The van der Waals surface area contributed by atoms with Crippen LogP contribution >= 0.6 is 11.7 Å². The van der Waals surface area contributed by atoms with Gasteiger partial charge in [0.1, 0.15) is 16.6 Å². The molecule has 0 saturated heterocycles. The molecular weight excluding hydrogens is 326 g/mol. The van der Waals surface area contributed by atoms with Crippen molar-refractivity contribution in [1.29, 1.82) is 0 Å². The molecule has 1 N–H and O–H groups in total. The van der Waals surface area contributed by atoms with Crippen LogP contribution < -0.4 is 10.7 Å². The fourth-order valence-corrected chi connectivity index (χ4v) is 2.94. The summed E-state index contributed by atoms with van der Waals surface area (Å²) < 4.78 is 13.8. The van der Waals surface area contributed by atoms with Crippen LogP contribution in [0.15, 0.2) is 51.7 Å². The third-order valence-electron chi connectivity index (χ3n) is 3.62. The van der Waals surface area contributed by atoms with Crippen LogP contribution in [0.1, 0.15) is 16.1 Å². The van der Waals surface area contributed by atoms with Gasteiger partial charge in [-0.25, -0.2) is 0 Å². The molecule has 0 aliphatic carbocycles. The summed E-state index contributed by atoms with van der Waals surface area (Å²) in [6.07, 6.45) is 0. The van der Waals surface area contributed by atoms with Crippen LogP contribution in [0.25, 0.3) is 22.0 Å². The van der Waals surface area contributed by atoms with Gasteiger partial charge in [0.05, 0.1) is 17.1 Å². The molecule has 24 heavy (non-hydrogen) atoms. The number of anilines is 1. The van der Waals surface area contributed by atoms with Crippen molar-refractivity contribution in [2.75, 3.05) is 5.32 Å². The third-order valence-corrected chi connectivity index (χ3v) is 4.18. The molecule has 7 heteroatoms. The number of aryl methyl sites for hydroxylation is 1. The van der Waals surface area contributed by atoms with E-state index in [1.165, 1.54) is 6.07 Å². The molecule has 4 aromatic rings. The van der Waals surface area contributed by atoms with Gasteiger partial charge in [-0.05, 0) is 42.8 Å². The van der Waals surface area contributed by atoms with E-state index in [4.69, 9.17) is 4.42 Å². The molecule has 6 nitrogen and oxygen atoms in total. The molecule has 0 fully saturated rings. The van der Waals surface area contributed by atoms with Crippen LogP contribution in [0, 0.1) is 6.92 Å². The van der Waals surface area contributed by atoms with Crippen molar-refractivity contribution < 1.29 is 9.21 Å². The molecule has 0 aliphatic rings. The molecule has 0 spiro atoms.